The number of methoxy groups -OCH3 is 1. The van der Waals surface area contributed by atoms with Crippen molar-refractivity contribution >= 4 is 5.97 Å². The molecule has 0 saturated heterocycles. The Morgan fingerprint density at radius 1 is 1.35 bits per heavy atom. The van der Waals surface area contributed by atoms with Gasteiger partial charge in [0.15, 0.2) is 0 Å². The molecule has 1 saturated carbocycles. The summed E-state index contributed by atoms with van der Waals surface area (Å²) in [5.41, 5.74) is -0.450. The Kier molecular flexibility index (Phi) is 6.02. The van der Waals surface area contributed by atoms with Crippen molar-refractivity contribution in [1.82, 2.24) is 10.2 Å². The van der Waals surface area contributed by atoms with Gasteiger partial charge in [0, 0.05) is 12.1 Å². The van der Waals surface area contributed by atoms with Gasteiger partial charge >= 0.3 is 5.97 Å². The number of likely N-dealkylation sites (N-methyl/N-ethyl adjacent to an activating group) is 1. The number of hydrogen-bond acceptors (Lipinski definition) is 4. The summed E-state index contributed by atoms with van der Waals surface area (Å²) in [6.45, 7) is 10.3. The lowest BCUT2D eigenvalue weighted by molar-refractivity contribution is -0.151. The summed E-state index contributed by atoms with van der Waals surface area (Å²) in [6.07, 6.45) is 4.31. The molecule has 4 nitrogen and oxygen atoms in total. The lowest BCUT2D eigenvalue weighted by Crippen LogP contribution is -2.63. The summed E-state index contributed by atoms with van der Waals surface area (Å²) in [6, 6.07) is 0. The molecular formula is C16H32N2O2. The monoisotopic (exact) mass is 284 g/mol. The summed E-state index contributed by atoms with van der Waals surface area (Å²) in [5.74, 6) is 0.309. The van der Waals surface area contributed by atoms with Crippen molar-refractivity contribution in [2.24, 2.45) is 5.92 Å². The van der Waals surface area contributed by atoms with Crippen LogP contribution >= 0.6 is 0 Å². The Morgan fingerprint density at radius 2 is 1.95 bits per heavy atom. The van der Waals surface area contributed by atoms with Gasteiger partial charge in [-0.2, -0.15) is 0 Å². The van der Waals surface area contributed by atoms with E-state index in [2.05, 4.69) is 45.0 Å². The van der Waals surface area contributed by atoms with Crippen molar-refractivity contribution in [3.8, 4) is 0 Å². The average molecular weight is 284 g/mol. The van der Waals surface area contributed by atoms with Crippen LogP contribution in [-0.4, -0.2) is 49.2 Å². The molecule has 1 rings (SSSR count). The van der Waals surface area contributed by atoms with Crippen molar-refractivity contribution in [2.75, 3.05) is 27.2 Å². The third kappa shape index (κ3) is 3.73. The first kappa shape index (κ1) is 17.4. The standard InChI is InChI=1S/C16H32N2O2/c1-7-11-17-16(13-9-10-13,14(19)20-6)12-18(5)15(3,4)8-2/h13,17H,7-12H2,1-6H3. The van der Waals surface area contributed by atoms with Crippen molar-refractivity contribution in [2.45, 2.75) is 64.5 Å². The number of carbonyl (C=O) groups excluding carboxylic acids is 1. The fourth-order valence-corrected chi connectivity index (χ4v) is 2.60. The number of carbonyl (C=O) groups is 1. The Labute approximate surface area is 124 Å². The molecule has 1 N–H and O–H groups in total. The molecular weight excluding hydrogens is 252 g/mol. The molecule has 1 unspecified atom stereocenters. The van der Waals surface area contributed by atoms with Gasteiger partial charge in [0.25, 0.3) is 0 Å². The van der Waals surface area contributed by atoms with Crippen LogP contribution in [0.2, 0.25) is 0 Å². The van der Waals surface area contributed by atoms with E-state index in [1.165, 1.54) is 7.11 Å². The van der Waals surface area contributed by atoms with E-state index in [0.29, 0.717) is 12.5 Å². The number of hydrogen-bond donors (Lipinski definition) is 1. The van der Waals surface area contributed by atoms with Crippen molar-refractivity contribution in [3.05, 3.63) is 0 Å². The van der Waals surface area contributed by atoms with Gasteiger partial charge in [0.1, 0.15) is 5.54 Å². The summed E-state index contributed by atoms with van der Waals surface area (Å²) >= 11 is 0. The quantitative estimate of drug-likeness (QED) is 0.660. The largest absolute Gasteiger partial charge is 0.468 e. The number of esters is 1. The minimum atomic E-state index is -0.536. The van der Waals surface area contributed by atoms with E-state index in [9.17, 15) is 4.79 Å². The van der Waals surface area contributed by atoms with Gasteiger partial charge in [-0.25, -0.2) is 4.79 Å². The van der Waals surface area contributed by atoms with Crippen LogP contribution in [0.3, 0.4) is 0 Å². The molecule has 0 amide bonds. The SMILES string of the molecule is CCCNC(CN(C)C(C)(C)CC)(C(=O)OC)C1CC1. The molecule has 1 aliphatic carbocycles. The van der Waals surface area contributed by atoms with Crippen LogP contribution in [-0.2, 0) is 9.53 Å². The molecule has 1 aliphatic rings. The number of nitrogens with one attached hydrogen (secondary N) is 1. The molecule has 0 aliphatic heterocycles. The summed E-state index contributed by atoms with van der Waals surface area (Å²) < 4.78 is 5.13. The molecule has 0 aromatic carbocycles. The lowest BCUT2D eigenvalue weighted by Gasteiger charge is -2.42. The van der Waals surface area contributed by atoms with Gasteiger partial charge in [-0.15, -0.1) is 0 Å². The first-order valence-corrected chi connectivity index (χ1v) is 7.88. The lowest BCUT2D eigenvalue weighted by atomic mass is 9.89. The third-order valence-electron chi connectivity index (χ3n) is 4.90. The Bertz CT molecular complexity index is 326. The molecule has 0 radical (unpaired) electrons. The minimum absolute atomic E-state index is 0.0854. The predicted octanol–water partition coefficient (Wildman–Crippen LogP) is 2.43. The number of ether oxygens (including phenoxy) is 1. The molecule has 0 aromatic rings. The van der Waals surface area contributed by atoms with Crippen LogP contribution in [0.15, 0.2) is 0 Å². The Balaban J connectivity index is 2.94. The molecule has 118 valence electrons. The second kappa shape index (κ2) is 6.90. The van der Waals surface area contributed by atoms with Gasteiger partial charge < -0.3 is 10.1 Å². The fourth-order valence-electron chi connectivity index (χ4n) is 2.60. The zero-order valence-corrected chi connectivity index (χ0v) is 14.1. The van der Waals surface area contributed by atoms with E-state index >= 15 is 0 Å². The maximum atomic E-state index is 12.5. The minimum Gasteiger partial charge on any atom is -0.468 e. The van der Waals surface area contributed by atoms with Gasteiger partial charge in [-0.05, 0) is 59.0 Å². The zero-order valence-electron chi connectivity index (χ0n) is 14.1. The maximum absolute atomic E-state index is 12.5. The van der Waals surface area contributed by atoms with Gasteiger partial charge in [-0.3, -0.25) is 4.90 Å². The molecule has 4 heteroatoms. The smallest absolute Gasteiger partial charge is 0.327 e. The van der Waals surface area contributed by atoms with E-state index in [0.717, 1.165) is 32.2 Å². The van der Waals surface area contributed by atoms with Crippen LogP contribution in [0.5, 0.6) is 0 Å². The molecule has 0 bridgehead atoms. The van der Waals surface area contributed by atoms with E-state index in [-0.39, 0.29) is 11.5 Å². The van der Waals surface area contributed by atoms with E-state index < -0.39 is 5.54 Å². The van der Waals surface area contributed by atoms with E-state index in [1.807, 2.05) is 0 Å². The van der Waals surface area contributed by atoms with E-state index in [1.54, 1.807) is 0 Å². The van der Waals surface area contributed by atoms with Crippen LogP contribution in [0.4, 0.5) is 0 Å². The van der Waals surface area contributed by atoms with Crippen LogP contribution in [0.25, 0.3) is 0 Å². The first-order valence-electron chi connectivity index (χ1n) is 7.88. The molecule has 1 fully saturated rings. The van der Waals surface area contributed by atoms with Crippen LogP contribution in [0, 0.1) is 5.92 Å². The molecule has 0 heterocycles. The van der Waals surface area contributed by atoms with Crippen molar-refractivity contribution in [3.63, 3.8) is 0 Å². The predicted molar refractivity (Wildman–Crippen MR) is 82.8 cm³/mol. The summed E-state index contributed by atoms with van der Waals surface area (Å²) in [7, 11) is 3.61. The second-order valence-electron chi connectivity index (χ2n) is 6.69. The third-order valence-corrected chi connectivity index (χ3v) is 4.90. The van der Waals surface area contributed by atoms with Crippen molar-refractivity contribution in [1.29, 1.82) is 0 Å². The highest BCUT2D eigenvalue weighted by Gasteiger charge is 2.52. The molecule has 1 atom stereocenters. The number of rotatable bonds is 9. The zero-order chi connectivity index (χ0) is 15.4. The van der Waals surface area contributed by atoms with Gasteiger partial charge in [0.05, 0.1) is 7.11 Å². The highest BCUT2D eigenvalue weighted by molar-refractivity contribution is 5.82. The average Bonchev–Trinajstić information content (AvgIpc) is 3.27. The first-order chi connectivity index (χ1) is 9.34. The van der Waals surface area contributed by atoms with Gasteiger partial charge in [-0.1, -0.05) is 13.8 Å². The highest BCUT2D eigenvalue weighted by atomic mass is 16.5. The van der Waals surface area contributed by atoms with Crippen LogP contribution in [0.1, 0.15) is 53.4 Å². The second-order valence-corrected chi connectivity index (χ2v) is 6.69. The molecule has 0 spiro atoms. The topological polar surface area (TPSA) is 41.6 Å². The molecule has 20 heavy (non-hydrogen) atoms. The number of nitrogens with zero attached hydrogens (tertiary/aromatic N) is 1. The summed E-state index contributed by atoms with van der Waals surface area (Å²) in [4.78, 5) is 14.8. The highest BCUT2D eigenvalue weighted by Crippen LogP contribution is 2.41. The summed E-state index contributed by atoms with van der Waals surface area (Å²) in [5, 5.41) is 3.51. The Morgan fingerprint density at radius 3 is 2.35 bits per heavy atom. The Hall–Kier alpha value is -0.610. The molecule has 0 aromatic heterocycles. The van der Waals surface area contributed by atoms with Crippen molar-refractivity contribution < 1.29 is 9.53 Å². The normalized spacial score (nSPS) is 18.9. The maximum Gasteiger partial charge on any atom is 0.327 e. The fraction of sp³-hybridized carbons (Fsp3) is 0.938. The van der Waals surface area contributed by atoms with Crippen LogP contribution < -0.4 is 5.32 Å². The van der Waals surface area contributed by atoms with Gasteiger partial charge in [0.2, 0.25) is 0 Å². The van der Waals surface area contributed by atoms with E-state index in [4.69, 9.17) is 4.74 Å².